The summed E-state index contributed by atoms with van der Waals surface area (Å²) in [6, 6.07) is 0. The number of carboxylic acid groups (broad SMARTS) is 1. The molecule has 1 rings (SSSR count). The average Bonchev–Trinajstić information content (AvgIpc) is 2.19. The van der Waals surface area contributed by atoms with Gasteiger partial charge in [0.15, 0.2) is 0 Å². The first-order valence-electron chi connectivity index (χ1n) is 5.53. The number of ether oxygens (including phenoxy) is 1. The number of carboxylic acids is 1. The van der Waals surface area contributed by atoms with Gasteiger partial charge in [0.25, 0.3) is 0 Å². The molecule has 0 heterocycles. The molecule has 1 N–H and O–H groups in total. The maximum absolute atomic E-state index is 10.5. The first-order valence-corrected chi connectivity index (χ1v) is 5.53. The van der Waals surface area contributed by atoms with Crippen molar-refractivity contribution in [2.45, 2.75) is 39.2 Å². The summed E-state index contributed by atoms with van der Waals surface area (Å²) in [6.07, 6.45) is 3.46. The fourth-order valence-electron chi connectivity index (χ4n) is 1.93. The molecular formula is C12H20O3. The molecule has 86 valence electrons. The lowest BCUT2D eigenvalue weighted by Crippen LogP contribution is -2.27. The van der Waals surface area contributed by atoms with Crippen LogP contribution in [0.5, 0.6) is 0 Å². The van der Waals surface area contributed by atoms with Crippen molar-refractivity contribution in [1.82, 2.24) is 0 Å². The third kappa shape index (κ3) is 3.67. The normalized spacial score (nSPS) is 31.2. The van der Waals surface area contributed by atoms with Gasteiger partial charge in [-0.2, -0.15) is 0 Å². The van der Waals surface area contributed by atoms with Crippen LogP contribution >= 0.6 is 0 Å². The van der Waals surface area contributed by atoms with E-state index in [1.807, 2.05) is 0 Å². The van der Waals surface area contributed by atoms with Crippen LogP contribution in [0.2, 0.25) is 0 Å². The lowest BCUT2D eigenvalue weighted by molar-refractivity contribution is -0.133. The van der Waals surface area contributed by atoms with Gasteiger partial charge < -0.3 is 9.84 Å². The minimum atomic E-state index is -0.966. The molecule has 1 saturated carbocycles. The van der Waals surface area contributed by atoms with E-state index in [1.165, 1.54) is 6.42 Å². The Morgan fingerprint density at radius 1 is 1.40 bits per heavy atom. The van der Waals surface area contributed by atoms with Crippen molar-refractivity contribution in [1.29, 1.82) is 0 Å². The van der Waals surface area contributed by atoms with Crippen molar-refractivity contribution in [2.24, 2.45) is 11.8 Å². The van der Waals surface area contributed by atoms with Crippen LogP contribution in [-0.4, -0.2) is 23.8 Å². The Hall–Kier alpha value is -0.830. The molecule has 3 unspecified atom stereocenters. The predicted octanol–water partition coefficient (Wildman–Crippen LogP) is 2.47. The van der Waals surface area contributed by atoms with Gasteiger partial charge in [0.05, 0.1) is 18.3 Å². The minimum absolute atomic E-state index is 0.140. The Labute approximate surface area is 91.1 Å². The van der Waals surface area contributed by atoms with Crippen LogP contribution in [0.4, 0.5) is 0 Å². The molecule has 3 heteroatoms. The van der Waals surface area contributed by atoms with E-state index in [0.717, 1.165) is 18.8 Å². The second kappa shape index (κ2) is 5.31. The van der Waals surface area contributed by atoms with Crippen LogP contribution in [0.25, 0.3) is 0 Å². The fourth-order valence-corrected chi connectivity index (χ4v) is 1.93. The molecule has 0 spiro atoms. The minimum Gasteiger partial charge on any atom is -0.478 e. The van der Waals surface area contributed by atoms with Crippen molar-refractivity contribution in [2.75, 3.05) is 6.61 Å². The van der Waals surface area contributed by atoms with Crippen LogP contribution in [0.1, 0.15) is 33.1 Å². The molecule has 15 heavy (non-hydrogen) atoms. The number of aliphatic carboxylic acids is 1. The Morgan fingerprint density at radius 3 is 2.60 bits per heavy atom. The van der Waals surface area contributed by atoms with Crippen LogP contribution < -0.4 is 0 Å². The molecule has 0 aromatic carbocycles. The van der Waals surface area contributed by atoms with Crippen LogP contribution in [0.3, 0.4) is 0 Å². The summed E-state index contributed by atoms with van der Waals surface area (Å²) in [4.78, 5) is 10.5. The number of hydrogen-bond donors (Lipinski definition) is 1. The van der Waals surface area contributed by atoms with E-state index in [-0.39, 0.29) is 18.3 Å². The van der Waals surface area contributed by atoms with Gasteiger partial charge in [0.2, 0.25) is 0 Å². The fraction of sp³-hybridized carbons (Fsp3) is 0.750. The zero-order valence-corrected chi connectivity index (χ0v) is 9.53. The smallest absolute Gasteiger partial charge is 0.333 e. The maximum Gasteiger partial charge on any atom is 0.333 e. The van der Waals surface area contributed by atoms with E-state index in [1.54, 1.807) is 0 Å². The van der Waals surface area contributed by atoms with E-state index in [9.17, 15) is 4.79 Å². The summed E-state index contributed by atoms with van der Waals surface area (Å²) in [7, 11) is 0. The van der Waals surface area contributed by atoms with E-state index in [0.29, 0.717) is 5.92 Å². The SMILES string of the molecule is C=C(COC1CCC(C)C(C)C1)C(=O)O. The zero-order chi connectivity index (χ0) is 11.4. The third-order valence-corrected chi connectivity index (χ3v) is 3.35. The molecule has 1 fully saturated rings. The number of carbonyl (C=O) groups is 1. The molecule has 1 aliphatic carbocycles. The molecule has 0 saturated heterocycles. The van der Waals surface area contributed by atoms with Crippen molar-refractivity contribution in [3.63, 3.8) is 0 Å². The highest BCUT2D eigenvalue weighted by atomic mass is 16.5. The highest BCUT2D eigenvalue weighted by Gasteiger charge is 2.25. The van der Waals surface area contributed by atoms with Crippen LogP contribution in [0, 0.1) is 11.8 Å². The van der Waals surface area contributed by atoms with Gasteiger partial charge in [-0.3, -0.25) is 0 Å². The van der Waals surface area contributed by atoms with Gasteiger partial charge in [-0.1, -0.05) is 20.4 Å². The summed E-state index contributed by atoms with van der Waals surface area (Å²) in [5, 5.41) is 8.63. The molecule has 0 amide bonds. The zero-order valence-electron chi connectivity index (χ0n) is 9.53. The lowest BCUT2D eigenvalue weighted by Gasteiger charge is -2.31. The molecular weight excluding hydrogens is 192 g/mol. The molecule has 0 aromatic heterocycles. The predicted molar refractivity (Wildman–Crippen MR) is 58.7 cm³/mol. The topological polar surface area (TPSA) is 46.5 Å². The first kappa shape index (κ1) is 12.2. The summed E-state index contributed by atoms with van der Waals surface area (Å²) in [5.74, 6) is 0.460. The van der Waals surface area contributed by atoms with Gasteiger partial charge >= 0.3 is 5.97 Å². The summed E-state index contributed by atoms with van der Waals surface area (Å²) >= 11 is 0. The Kier molecular flexibility index (Phi) is 4.33. The van der Waals surface area contributed by atoms with Crippen LogP contribution in [-0.2, 0) is 9.53 Å². The maximum atomic E-state index is 10.5. The van der Waals surface area contributed by atoms with E-state index in [4.69, 9.17) is 9.84 Å². The van der Waals surface area contributed by atoms with E-state index < -0.39 is 5.97 Å². The summed E-state index contributed by atoms with van der Waals surface area (Å²) in [6.45, 7) is 8.09. The van der Waals surface area contributed by atoms with Crippen molar-refractivity contribution in [3.8, 4) is 0 Å². The van der Waals surface area contributed by atoms with E-state index in [2.05, 4.69) is 20.4 Å². The van der Waals surface area contributed by atoms with Crippen LogP contribution in [0.15, 0.2) is 12.2 Å². The Balaban J connectivity index is 2.28. The van der Waals surface area contributed by atoms with Gasteiger partial charge in [-0.05, 0) is 31.1 Å². The highest BCUT2D eigenvalue weighted by Crippen LogP contribution is 2.30. The second-order valence-electron chi connectivity index (χ2n) is 4.61. The van der Waals surface area contributed by atoms with Gasteiger partial charge in [0.1, 0.15) is 0 Å². The Morgan fingerprint density at radius 2 is 2.07 bits per heavy atom. The third-order valence-electron chi connectivity index (χ3n) is 3.35. The summed E-state index contributed by atoms with van der Waals surface area (Å²) in [5.41, 5.74) is 0.140. The molecule has 3 atom stereocenters. The molecule has 0 radical (unpaired) electrons. The largest absolute Gasteiger partial charge is 0.478 e. The lowest BCUT2D eigenvalue weighted by atomic mass is 9.80. The second-order valence-corrected chi connectivity index (χ2v) is 4.61. The molecule has 1 aliphatic rings. The van der Waals surface area contributed by atoms with Gasteiger partial charge in [-0.25, -0.2) is 4.79 Å². The first-order chi connectivity index (χ1) is 7.00. The average molecular weight is 212 g/mol. The molecule has 0 aliphatic heterocycles. The number of rotatable bonds is 4. The Bertz CT molecular complexity index is 247. The standard InChI is InChI=1S/C12H20O3/c1-8-4-5-11(6-9(8)2)15-7-10(3)12(13)14/h8-9,11H,3-7H2,1-2H3,(H,13,14). The molecule has 3 nitrogen and oxygen atoms in total. The molecule has 0 aromatic rings. The van der Waals surface area contributed by atoms with Crippen molar-refractivity contribution >= 4 is 5.97 Å². The summed E-state index contributed by atoms with van der Waals surface area (Å²) < 4.78 is 5.54. The van der Waals surface area contributed by atoms with Gasteiger partial charge in [0, 0.05) is 0 Å². The van der Waals surface area contributed by atoms with E-state index >= 15 is 0 Å². The van der Waals surface area contributed by atoms with Gasteiger partial charge in [-0.15, -0.1) is 0 Å². The van der Waals surface area contributed by atoms with Crippen molar-refractivity contribution in [3.05, 3.63) is 12.2 Å². The highest BCUT2D eigenvalue weighted by molar-refractivity contribution is 5.85. The monoisotopic (exact) mass is 212 g/mol. The van der Waals surface area contributed by atoms with Crippen molar-refractivity contribution < 1.29 is 14.6 Å². The number of hydrogen-bond acceptors (Lipinski definition) is 2. The molecule has 0 bridgehead atoms. The quantitative estimate of drug-likeness (QED) is 0.728.